The number of hydrogen-bond donors (Lipinski definition) is 1. The zero-order valence-electron chi connectivity index (χ0n) is 17.1. The predicted octanol–water partition coefficient (Wildman–Crippen LogP) is 3.86. The summed E-state index contributed by atoms with van der Waals surface area (Å²) in [7, 11) is 0. The van der Waals surface area contributed by atoms with Crippen LogP contribution in [0.15, 0.2) is 28.7 Å². The minimum Gasteiger partial charge on any atom is -0.381 e. The van der Waals surface area contributed by atoms with E-state index in [4.69, 9.17) is 4.74 Å². The second kappa shape index (κ2) is 8.54. The molecule has 2 saturated heterocycles. The molecule has 1 unspecified atom stereocenters. The summed E-state index contributed by atoms with van der Waals surface area (Å²) in [5.74, 6) is 0.0120. The van der Waals surface area contributed by atoms with E-state index in [0.717, 1.165) is 42.3 Å². The first kappa shape index (κ1) is 21.3. The summed E-state index contributed by atoms with van der Waals surface area (Å²) in [5, 5.41) is 3.37. The van der Waals surface area contributed by atoms with E-state index in [1.54, 1.807) is 0 Å². The van der Waals surface area contributed by atoms with Crippen LogP contribution in [0.2, 0.25) is 0 Å². The first-order valence-corrected chi connectivity index (χ1v) is 11.0. The van der Waals surface area contributed by atoms with Crippen LogP contribution >= 0.6 is 15.9 Å². The van der Waals surface area contributed by atoms with Crippen molar-refractivity contribution < 1.29 is 14.3 Å². The standard InChI is InChI=1S/C22H31BrN2O3/c1-21(2,3)20(27)25-11-5-6-16(15-25)19(26)24-22(9-12-28-13-10-22)17-7-4-8-18(23)14-17/h4,7-8,14,16H,5-6,9-13,15H2,1-3H3,(H,24,26). The van der Waals surface area contributed by atoms with Crippen molar-refractivity contribution >= 4 is 27.7 Å². The number of rotatable bonds is 3. The highest BCUT2D eigenvalue weighted by Crippen LogP contribution is 2.34. The summed E-state index contributed by atoms with van der Waals surface area (Å²) < 4.78 is 6.58. The third-order valence-corrected chi connectivity index (χ3v) is 6.30. The van der Waals surface area contributed by atoms with Crippen LogP contribution in [-0.2, 0) is 19.9 Å². The van der Waals surface area contributed by atoms with Gasteiger partial charge in [-0.1, -0.05) is 48.8 Å². The Morgan fingerprint density at radius 2 is 1.96 bits per heavy atom. The Hall–Kier alpha value is -1.40. The number of amides is 2. The zero-order chi connectivity index (χ0) is 20.4. The maximum Gasteiger partial charge on any atom is 0.227 e. The highest BCUT2D eigenvalue weighted by molar-refractivity contribution is 9.10. The van der Waals surface area contributed by atoms with Gasteiger partial charge < -0.3 is 15.0 Å². The number of carbonyl (C=O) groups is 2. The minimum atomic E-state index is -0.420. The third-order valence-electron chi connectivity index (χ3n) is 5.81. The highest BCUT2D eigenvalue weighted by atomic mass is 79.9. The molecule has 1 N–H and O–H groups in total. The first-order valence-electron chi connectivity index (χ1n) is 10.2. The van der Waals surface area contributed by atoms with Gasteiger partial charge in [-0.15, -0.1) is 0 Å². The fourth-order valence-corrected chi connectivity index (χ4v) is 4.58. The lowest BCUT2D eigenvalue weighted by Gasteiger charge is -2.41. The number of nitrogens with zero attached hydrogens (tertiary/aromatic N) is 1. The molecule has 2 heterocycles. The average Bonchev–Trinajstić information content (AvgIpc) is 2.67. The van der Waals surface area contributed by atoms with E-state index in [-0.39, 0.29) is 17.7 Å². The Bertz CT molecular complexity index is 723. The summed E-state index contributed by atoms with van der Waals surface area (Å²) in [4.78, 5) is 27.8. The molecule has 1 aromatic carbocycles. The Balaban J connectivity index is 1.76. The van der Waals surface area contributed by atoms with Gasteiger partial charge in [0.2, 0.25) is 11.8 Å². The fraction of sp³-hybridized carbons (Fsp3) is 0.636. The Morgan fingerprint density at radius 3 is 2.61 bits per heavy atom. The molecule has 154 valence electrons. The molecule has 2 aliphatic heterocycles. The van der Waals surface area contributed by atoms with Crippen LogP contribution in [0, 0.1) is 11.3 Å². The van der Waals surface area contributed by atoms with E-state index < -0.39 is 11.0 Å². The second-order valence-corrected chi connectivity index (χ2v) is 9.95. The summed E-state index contributed by atoms with van der Waals surface area (Å²) in [6, 6.07) is 8.16. The van der Waals surface area contributed by atoms with Gasteiger partial charge >= 0.3 is 0 Å². The monoisotopic (exact) mass is 450 g/mol. The van der Waals surface area contributed by atoms with E-state index in [0.29, 0.717) is 19.8 Å². The van der Waals surface area contributed by atoms with Crippen LogP contribution in [0.4, 0.5) is 0 Å². The molecule has 0 aromatic heterocycles. The molecule has 0 radical (unpaired) electrons. The molecule has 1 atom stereocenters. The van der Waals surface area contributed by atoms with Crippen molar-refractivity contribution in [2.45, 2.75) is 52.0 Å². The molecular weight excluding hydrogens is 420 g/mol. The Morgan fingerprint density at radius 1 is 1.25 bits per heavy atom. The molecule has 0 spiro atoms. The zero-order valence-corrected chi connectivity index (χ0v) is 18.7. The lowest BCUT2D eigenvalue weighted by Crippen LogP contribution is -2.54. The average molecular weight is 451 g/mol. The largest absolute Gasteiger partial charge is 0.381 e. The summed E-state index contributed by atoms with van der Waals surface area (Å²) >= 11 is 3.55. The maximum absolute atomic E-state index is 13.2. The van der Waals surface area contributed by atoms with Crippen molar-refractivity contribution in [2.75, 3.05) is 26.3 Å². The summed E-state index contributed by atoms with van der Waals surface area (Å²) in [5.41, 5.74) is 0.281. The van der Waals surface area contributed by atoms with Crippen LogP contribution in [0.1, 0.15) is 52.0 Å². The lowest BCUT2D eigenvalue weighted by atomic mass is 9.81. The second-order valence-electron chi connectivity index (χ2n) is 9.03. The minimum absolute atomic E-state index is 0.0493. The molecule has 2 amide bonds. The Kier molecular flexibility index (Phi) is 6.50. The number of benzene rings is 1. The van der Waals surface area contributed by atoms with Crippen molar-refractivity contribution in [3.63, 3.8) is 0 Å². The molecular formula is C22H31BrN2O3. The number of carbonyl (C=O) groups excluding carboxylic acids is 2. The van der Waals surface area contributed by atoms with Crippen LogP contribution < -0.4 is 5.32 Å². The van der Waals surface area contributed by atoms with E-state index in [9.17, 15) is 9.59 Å². The molecule has 5 nitrogen and oxygen atoms in total. The van der Waals surface area contributed by atoms with E-state index in [1.807, 2.05) is 37.8 Å². The quantitative estimate of drug-likeness (QED) is 0.760. The molecule has 6 heteroatoms. The van der Waals surface area contributed by atoms with Crippen molar-refractivity contribution in [3.8, 4) is 0 Å². The molecule has 28 heavy (non-hydrogen) atoms. The van der Waals surface area contributed by atoms with E-state index in [2.05, 4.69) is 33.4 Å². The van der Waals surface area contributed by atoms with Crippen LogP contribution in [-0.4, -0.2) is 43.0 Å². The van der Waals surface area contributed by atoms with Gasteiger partial charge in [-0.05, 0) is 43.4 Å². The third kappa shape index (κ3) is 4.77. The normalized spacial score (nSPS) is 22.6. The SMILES string of the molecule is CC(C)(C)C(=O)N1CCCC(C(=O)NC2(c3cccc(Br)c3)CCOCC2)C1. The topological polar surface area (TPSA) is 58.6 Å². The predicted molar refractivity (Wildman–Crippen MR) is 113 cm³/mol. The van der Waals surface area contributed by atoms with Gasteiger partial charge in [0.05, 0.1) is 11.5 Å². The van der Waals surface area contributed by atoms with Crippen molar-refractivity contribution in [3.05, 3.63) is 34.3 Å². The lowest BCUT2D eigenvalue weighted by molar-refractivity contribution is -0.143. The molecule has 0 saturated carbocycles. The first-order chi connectivity index (χ1) is 13.2. The van der Waals surface area contributed by atoms with Gasteiger partial charge in [0.25, 0.3) is 0 Å². The molecule has 2 aliphatic rings. The summed E-state index contributed by atoms with van der Waals surface area (Å²) in [6.45, 7) is 8.31. The number of likely N-dealkylation sites (tertiary alicyclic amines) is 1. The number of nitrogens with one attached hydrogen (secondary N) is 1. The number of piperidine rings is 1. The van der Waals surface area contributed by atoms with Gasteiger partial charge in [0.1, 0.15) is 0 Å². The van der Waals surface area contributed by atoms with Gasteiger partial charge in [-0.25, -0.2) is 0 Å². The van der Waals surface area contributed by atoms with Gasteiger partial charge in [-0.2, -0.15) is 0 Å². The van der Waals surface area contributed by atoms with Gasteiger partial charge in [0.15, 0.2) is 0 Å². The molecule has 3 rings (SSSR count). The van der Waals surface area contributed by atoms with E-state index in [1.165, 1.54) is 0 Å². The number of ether oxygens (including phenoxy) is 1. The number of hydrogen-bond acceptors (Lipinski definition) is 3. The van der Waals surface area contributed by atoms with Gasteiger partial charge in [0, 0.05) is 36.2 Å². The van der Waals surface area contributed by atoms with Crippen LogP contribution in [0.3, 0.4) is 0 Å². The summed E-state index contributed by atoms with van der Waals surface area (Å²) in [6.07, 6.45) is 3.21. The highest BCUT2D eigenvalue weighted by Gasteiger charge is 2.39. The fourth-order valence-electron chi connectivity index (χ4n) is 4.18. The van der Waals surface area contributed by atoms with Crippen molar-refractivity contribution in [1.82, 2.24) is 10.2 Å². The van der Waals surface area contributed by atoms with Crippen LogP contribution in [0.25, 0.3) is 0 Å². The Labute approximate surface area is 176 Å². The van der Waals surface area contributed by atoms with Crippen molar-refractivity contribution in [1.29, 1.82) is 0 Å². The molecule has 0 bridgehead atoms. The van der Waals surface area contributed by atoms with E-state index >= 15 is 0 Å². The van der Waals surface area contributed by atoms with Crippen molar-refractivity contribution in [2.24, 2.45) is 11.3 Å². The van der Waals surface area contributed by atoms with Crippen LogP contribution in [0.5, 0.6) is 0 Å². The molecule has 1 aromatic rings. The maximum atomic E-state index is 13.2. The number of halogens is 1. The molecule has 2 fully saturated rings. The molecule has 0 aliphatic carbocycles. The van der Waals surface area contributed by atoms with Gasteiger partial charge in [-0.3, -0.25) is 9.59 Å². The smallest absolute Gasteiger partial charge is 0.227 e.